The molecule has 0 amide bonds. The SMILES string of the molecule is CCCC1CC1CC1(C)C(C)C1C. The van der Waals surface area contributed by atoms with Gasteiger partial charge < -0.3 is 0 Å². The lowest BCUT2D eigenvalue weighted by Crippen LogP contribution is -2.00. The largest absolute Gasteiger partial charge is 0.0654 e. The van der Waals surface area contributed by atoms with Crippen LogP contribution in [0, 0.1) is 29.1 Å². The van der Waals surface area contributed by atoms with Crippen molar-refractivity contribution in [3.63, 3.8) is 0 Å². The van der Waals surface area contributed by atoms with Gasteiger partial charge in [0.1, 0.15) is 0 Å². The fraction of sp³-hybridized carbons (Fsp3) is 1.00. The van der Waals surface area contributed by atoms with Crippen molar-refractivity contribution in [1.29, 1.82) is 0 Å². The van der Waals surface area contributed by atoms with E-state index in [0.29, 0.717) is 0 Å². The van der Waals surface area contributed by atoms with Crippen LogP contribution in [-0.2, 0) is 0 Å². The summed E-state index contributed by atoms with van der Waals surface area (Å²) < 4.78 is 0. The molecule has 13 heavy (non-hydrogen) atoms. The van der Waals surface area contributed by atoms with Crippen LogP contribution < -0.4 is 0 Å². The van der Waals surface area contributed by atoms with Crippen LogP contribution in [0.4, 0.5) is 0 Å². The van der Waals surface area contributed by atoms with E-state index in [1.165, 1.54) is 19.3 Å². The summed E-state index contributed by atoms with van der Waals surface area (Å²) in [6.07, 6.45) is 5.95. The third-order valence-electron chi connectivity index (χ3n) is 5.15. The number of hydrogen-bond acceptors (Lipinski definition) is 0. The molecule has 4 unspecified atom stereocenters. The average molecular weight is 180 g/mol. The molecule has 0 aromatic rings. The summed E-state index contributed by atoms with van der Waals surface area (Å²) in [5.74, 6) is 4.21. The normalized spacial score (nSPS) is 53.5. The summed E-state index contributed by atoms with van der Waals surface area (Å²) in [6, 6.07) is 0. The zero-order valence-electron chi connectivity index (χ0n) is 9.64. The van der Waals surface area contributed by atoms with Crippen molar-refractivity contribution in [2.45, 2.75) is 53.4 Å². The Bertz CT molecular complexity index is 186. The van der Waals surface area contributed by atoms with E-state index in [0.717, 1.165) is 29.1 Å². The Morgan fingerprint density at radius 1 is 1.15 bits per heavy atom. The van der Waals surface area contributed by atoms with Crippen LogP contribution in [0.5, 0.6) is 0 Å². The molecule has 2 rings (SSSR count). The summed E-state index contributed by atoms with van der Waals surface area (Å²) in [5, 5.41) is 0. The van der Waals surface area contributed by atoms with Crippen LogP contribution in [0.1, 0.15) is 53.4 Å². The molecule has 0 heteroatoms. The maximum atomic E-state index is 2.50. The van der Waals surface area contributed by atoms with Gasteiger partial charge in [-0.15, -0.1) is 0 Å². The van der Waals surface area contributed by atoms with Gasteiger partial charge in [-0.2, -0.15) is 0 Å². The van der Waals surface area contributed by atoms with Crippen LogP contribution in [0.3, 0.4) is 0 Å². The quantitative estimate of drug-likeness (QED) is 0.611. The zero-order chi connectivity index (χ0) is 9.64. The van der Waals surface area contributed by atoms with E-state index in [1.54, 1.807) is 6.42 Å². The molecule has 2 aliphatic carbocycles. The van der Waals surface area contributed by atoms with Crippen LogP contribution in [0.15, 0.2) is 0 Å². The van der Waals surface area contributed by atoms with Gasteiger partial charge in [-0.25, -0.2) is 0 Å². The van der Waals surface area contributed by atoms with Crippen molar-refractivity contribution >= 4 is 0 Å². The molecule has 2 aliphatic rings. The second-order valence-electron chi connectivity index (χ2n) is 5.83. The van der Waals surface area contributed by atoms with Gasteiger partial charge >= 0.3 is 0 Å². The first-order valence-corrected chi connectivity index (χ1v) is 6.09. The Hall–Kier alpha value is 0. The molecule has 2 saturated carbocycles. The van der Waals surface area contributed by atoms with E-state index < -0.39 is 0 Å². The summed E-state index contributed by atoms with van der Waals surface area (Å²) in [5.41, 5.74) is 0.729. The third kappa shape index (κ3) is 1.53. The molecule has 76 valence electrons. The van der Waals surface area contributed by atoms with E-state index in [9.17, 15) is 0 Å². The summed E-state index contributed by atoms with van der Waals surface area (Å²) >= 11 is 0. The Morgan fingerprint density at radius 2 is 1.77 bits per heavy atom. The average Bonchev–Trinajstić information content (AvgIpc) is 2.91. The van der Waals surface area contributed by atoms with Crippen LogP contribution in [-0.4, -0.2) is 0 Å². The molecule has 0 spiro atoms. The monoisotopic (exact) mass is 180 g/mol. The summed E-state index contributed by atoms with van der Waals surface area (Å²) in [4.78, 5) is 0. The highest BCUT2D eigenvalue weighted by atomic mass is 14.6. The molecule has 2 fully saturated rings. The minimum Gasteiger partial charge on any atom is -0.0654 e. The first-order valence-electron chi connectivity index (χ1n) is 6.09. The predicted molar refractivity (Wildman–Crippen MR) is 57.6 cm³/mol. The van der Waals surface area contributed by atoms with E-state index in [1.807, 2.05) is 0 Å². The third-order valence-corrected chi connectivity index (χ3v) is 5.15. The summed E-state index contributed by atoms with van der Waals surface area (Å²) in [7, 11) is 0. The molecule has 0 bridgehead atoms. The Balaban J connectivity index is 1.76. The van der Waals surface area contributed by atoms with Gasteiger partial charge in [0, 0.05) is 0 Å². The van der Waals surface area contributed by atoms with Gasteiger partial charge in [0.25, 0.3) is 0 Å². The van der Waals surface area contributed by atoms with Gasteiger partial charge in [-0.1, -0.05) is 40.5 Å². The molecule has 0 radical (unpaired) electrons. The molecule has 4 atom stereocenters. The van der Waals surface area contributed by atoms with Crippen LogP contribution in [0.25, 0.3) is 0 Å². The van der Waals surface area contributed by atoms with Gasteiger partial charge in [0.05, 0.1) is 0 Å². The first-order chi connectivity index (χ1) is 6.09. The first kappa shape index (κ1) is 9.55. The lowest BCUT2D eigenvalue weighted by Gasteiger charge is -2.09. The van der Waals surface area contributed by atoms with Gasteiger partial charge in [-0.3, -0.25) is 0 Å². The molecule has 0 nitrogen and oxygen atoms in total. The smallest absolute Gasteiger partial charge is 0.0266 e. The molecule has 0 N–H and O–H groups in total. The minimum absolute atomic E-state index is 0.729. The highest BCUT2D eigenvalue weighted by Crippen LogP contribution is 2.65. The van der Waals surface area contributed by atoms with Crippen LogP contribution in [0.2, 0.25) is 0 Å². The molecule has 0 aromatic carbocycles. The van der Waals surface area contributed by atoms with E-state index >= 15 is 0 Å². The minimum atomic E-state index is 0.729. The van der Waals surface area contributed by atoms with Gasteiger partial charge in [0.15, 0.2) is 0 Å². The topological polar surface area (TPSA) is 0 Å². The lowest BCUT2D eigenvalue weighted by molar-refractivity contribution is 0.404. The molecule has 0 saturated heterocycles. The molecule has 0 aliphatic heterocycles. The van der Waals surface area contributed by atoms with Crippen molar-refractivity contribution in [3.05, 3.63) is 0 Å². The maximum absolute atomic E-state index is 2.50. The van der Waals surface area contributed by atoms with E-state index in [2.05, 4.69) is 27.7 Å². The highest BCUT2D eigenvalue weighted by molar-refractivity contribution is 5.06. The van der Waals surface area contributed by atoms with Gasteiger partial charge in [0.2, 0.25) is 0 Å². The fourth-order valence-corrected chi connectivity index (χ4v) is 3.29. The van der Waals surface area contributed by atoms with E-state index in [4.69, 9.17) is 0 Å². The second-order valence-corrected chi connectivity index (χ2v) is 5.83. The summed E-state index contributed by atoms with van der Waals surface area (Å²) in [6.45, 7) is 9.69. The molecular weight excluding hydrogens is 156 g/mol. The standard InChI is InChI=1S/C13H24/c1-5-6-11-7-12(11)8-13(4)9(2)10(13)3/h9-12H,5-8H2,1-4H3. The van der Waals surface area contributed by atoms with E-state index in [-0.39, 0.29) is 0 Å². The van der Waals surface area contributed by atoms with Crippen molar-refractivity contribution in [2.24, 2.45) is 29.1 Å². The maximum Gasteiger partial charge on any atom is -0.0266 e. The second kappa shape index (κ2) is 3.00. The fourth-order valence-electron chi connectivity index (χ4n) is 3.29. The molecule has 0 aromatic heterocycles. The Morgan fingerprint density at radius 3 is 2.23 bits per heavy atom. The Kier molecular flexibility index (Phi) is 2.20. The highest BCUT2D eigenvalue weighted by Gasteiger charge is 2.57. The van der Waals surface area contributed by atoms with Gasteiger partial charge in [-0.05, 0) is 41.9 Å². The zero-order valence-corrected chi connectivity index (χ0v) is 9.64. The number of rotatable bonds is 4. The van der Waals surface area contributed by atoms with Crippen molar-refractivity contribution in [1.82, 2.24) is 0 Å². The van der Waals surface area contributed by atoms with Crippen LogP contribution >= 0.6 is 0 Å². The number of hydrogen-bond donors (Lipinski definition) is 0. The van der Waals surface area contributed by atoms with Crippen molar-refractivity contribution in [3.8, 4) is 0 Å². The van der Waals surface area contributed by atoms with Crippen molar-refractivity contribution in [2.75, 3.05) is 0 Å². The lowest BCUT2D eigenvalue weighted by atomic mass is 9.96. The molecular formula is C13H24. The Labute approximate surface area is 83.1 Å². The predicted octanol–water partition coefficient (Wildman–Crippen LogP) is 4.10. The molecule has 0 heterocycles. The van der Waals surface area contributed by atoms with Crippen molar-refractivity contribution < 1.29 is 0 Å².